The van der Waals surface area contributed by atoms with Crippen LogP contribution in [-0.2, 0) is 19.6 Å². The van der Waals surface area contributed by atoms with Gasteiger partial charge >= 0.3 is 5.97 Å². The zero-order valence-electron chi connectivity index (χ0n) is 18.6. The number of anilines is 1. The van der Waals surface area contributed by atoms with Crippen LogP contribution in [-0.4, -0.2) is 60.7 Å². The highest BCUT2D eigenvalue weighted by Gasteiger charge is 2.25. The predicted molar refractivity (Wildman–Crippen MR) is 127 cm³/mol. The van der Waals surface area contributed by atoms with E-state index in [1.54, 1.807) is 32.0 Å². The van der Waals surface area contributed by atoms with Crippen molar-refractivity contribution in [1.29, 1.82) is 0 Å². The summed E-state index contributed by atoms with van der Waals surface area (Å²) in [5.41, 5.74) is 8.81. The lowest BCUT2D eigenvalue weighted by molar-refractivity contribution is -0.137. The van der Waals surface area contributed by atoms with E-state index >= 15 is 0 Å². The molecule has 32 heavy (non-hydrogen) atoms. The molecule has 0 unspecified atom stereocenters. The van der Waals surface area contributed by atoms with E-state index in [1.165, 1.54) is 6.08 Å². The molecule has 2 N–H and O–H groups in total. The molecule has 0 saturated carbocycles. The summed E-state index contributed by atoms with van der Waals surface area (Å²) in [4.78, 5) is 18.6. The van der Waals surface area contributed by atoms with Crippen LogP contribution in [0.5, 0.6) is 0 Å². The lowest BCUT2D eigenvalue weighted by Gasteiger charge is -2.13. The second-order valence-electron chi connectivity index (χ2n) is 7.93. The van der Waals surface area contributed by atoms with Crippen LogP contribution < -0.4 is 5.73 Å². The molecule has 0 aliphatic carbocycles. The number of likely N-dealkylation sites (N-methyl/N-ethyl adjacent to an activating group) is 1. The van der Waals surface area contributed by atoms with E-state index in [2.05, 4.69) is 4.98 Å². The Morgan fingerprint density at radius 3 is 2.47 bits per heavy atom. The Bertz CT molecular complexity index is 1250. The highest BCUT2D eigenvalue weighted by Crippen LogP contribution is 2.29. The molecule has 0 spiro atoms. The lowest BCUT2D eigenvalue weighted by atomic mass is 9.97. The predicted octanol–water partition coefficient (Wildman–Crippen LogP) is 2.74. The van der Waals surface area contributed by atoms with Gasteiger partial charge in [-0.3, -0.25) is 0 Å². The van der Waals surface area contributed by atoms with E-state index in [0.29, 0.717) is 28.7 Å². The molecule has 2 aromatic carbocycles. The van der Waals surface area contributed by atoms with Crippen molar-refractivity contribution in [3.05, 3.63) is 65.7 Å². The van der Waals surface area contributed by atoms with Gasteiger partial charge in [0.1, 0.15) is 6.61 Å². The fourth-order valence-corrected chi connectivity index (χ4v) is 4.30. The Labute approximate surface area is 188 Å². The van der Waals surface area contributed by atoms with E-state index < -0.39 is 21.2 Å². The summed E-state index contributed by atoms with van der Waals surface area (Å²) in [6.45, 7) is 4.05. The van der Waals surface area contributed by atoms with Gasteiger partial charge in [0.2, 0.25) is 16.0 Å². The first-order valence-electron chi connectivity index (χ1n) is 10.2. The first-order valence-corrected chi connectivity index (χ1v) is 11.7. The van der Waals surface area contributed by atoms with Crippen LogP contribution in [0.1, 0.15) is 25.0 Å². The second kappa shape index (κ2) is 9.54. The largest absolute Gasteiger partial charge is 0.461 e. The maximum Gasteiger partial charge on any atom is 0.331 e. The third-order valence-electron chi connectivity index (χ3n) is 4.93. The van der Waals surface area contributed by atoms with Gasteiger partial charge in [-0.2, -0.15) is 0 Å². The molecule has 9 heteroatoms. The number of imidazole rings is 1. The summed E-state index contributed by atoms with van der Waals surface area (Å²) in [6.07, 6.45) is 1.42. The number of benzene rings is 2. The van der Waals surface area contributed by atoms with Crippen molar-refractivity contribution in [3.8, 4) is 0 Å². The van der Waals surface area contributed by atoms with Crippen molar-refractivity contribution >= 4 is 38.5 Å². The summed E-state index contributed by atoms with van der Waals surface area (Å²) in [5, 5.41) is -0.679. The van der Waals surface area contributed by atoms with Crippen molar-refractivity contribution in [2.75, 3.05) is 33.0 Å². The number of hydrogen-bond donors (Lipinski definition) is 1. The minimum absolute atomic E-state index is 0.0980. The minimum atomic E-state index is -3.73. The maximum atomic E-state index is 12.9. The van der Waals surface area contributed by atoms with Crippen LogP contribution in [0.25, 0.3) is 16.6 Å². The SMILES string of the molecule is CC(C)S(=O)(=O)n1c(N)nc2ccc(C(=CC(=O)OCCN(C)C)c3ccccc3)cc21. The van der Waals surface area contributed by atoms with Crippen molar-refractivity contribution < 1.29 is 17.9 Å². The first-order chi connectivity index (χ1) is 15.1. The van der Waals surface area contributed by atoms with Gasteiger partial charge in [0.15, 0.2) is 0 Å². The van der Waals surface area contributed by atoms with Gasteiger partial charge in [0, 0.05) is 12.6 Å². The normalized spacial score (nSPS) is 12.6. The number of fused-ring (bicyclic) bond motifs is 1. The van der Waals surface area contributed by atoms with Gasteiger partial charge in [0.05, 0.1) is 16.3 Å². The Balaban J connectivity index is 2.12. The quantitative estimate of drug-likeness (QED) is 0.410. The van der Waals surface area contributed by atoms with Crippen LogP contribution >= 0.6 is 0 Å². The number of carbonyl (C=O) groups excluding carboxylic acids is 1. The fourth-order valence-electron chi connectivity index (χ4n) is 3.16. The first kappa shape index (κ1) is 23.5. The average molecular weight is 457 g/mol. The smallest absolute Gasteiger partial charge is 0.331 e. The molecule has 0 aliphatic heterocycles. The molecule has 0 atom stereocenters. The molecule has 170 valence electrons. The van der Waals surface area contributed by atoms with E-state index in [9.17, 15) is 13.2 Å². The second-order valence-corrected chi connectivity index (χ2v) is 10.3. The molecule has 0 radical (unpaired) electrons. The minimum Gasteiger partial charge on any atom is -0.461 e. The molecule has 0 saturated heterocycles. The third-order valence-corrected chi connectivity index (χ3v) is 7.01. The molecular weight excluding hydrogens is 428 g/mol. The molecule has 8 nitrogen and oxygen atoms in total. The van der Waals surface area contributed by atoms with Crippen molar-refractivity contribution in [2.24, 2.45) is 0 Å². The van der Waals surface area contributed by atoms with Crippen LogP contribution in [0.3, 0.4) is 0 Å². The van der Waals surface area contributed by atoms with Crippen molar-refractivity contribution in [1.82, 2.24) is 13.9 Å². The Hall–Kier alpha value is -3.17. The van der Waals surface area contributed by atoms with E-state index in [1.807, 2.05) is 49.3 Å². The highest BCUT2D eigenvalue weighted by molar-refractivity contribution is 7.90. The van der Waals surface area contributed by atoms with Gasteiger partial charge in [-0.1, -0.05) is 36.4 Å². The molecule has 0 amide bonds. The molecule has 3 rings (SSSR count). The van der Waals surface area contributed by atoms with Gasteiger partial charge in [-0.25, -0.2) is 22.2 Å². The van der Waals surface area contributed by atoms with Crippen LogP contribution in [0.15, 0.2) is 54.6 Å². The summed E-state index contributed by atoms with van der Waals surface area (Å²) in [5.74, 6) is -0.576. The summed E-state index contributed by atoms with van der Waals surface area (Å²) < 4.78 is 32.2. The highest BCUT2D eigenvalue weighted by atomic mass is 32.2. The number of nitrogens with zero attached hydrogens (tertiary/aromatic N) is 3. The number of carbonyl (C=O) groups is 1. The lowest BCUT2D eigenvalue weighted by Crippen LogP contribution is -2.23. The maximum absolute atomic E-state index is 12.9. The zero-order chi connectivity index (χ0) is 23.5. The number of hydrogen-bond acceptors (Lipinski definition) is 7. The third kappa shape index (κ3) is 5.00. The van der Waals surface area contributed by atoms with Crippen LogP contribution in [0.2, 0.25) is 0 Å². The van der Waals surface area contributed by atoms with Gasteiger partial charge in [-0.05, 0) is 56.8 Å². The summed E-state index contributed by atoms with van der Waals surface area (Å²) in [6, 6.07) is 14.5. The molecule has 0 fully saturated rings. The van der Waals surface area contributed by atoms with Gasteiger partial charge < -0.3 is 15.4 Å². The summed E-state index contributed by atoms with van der Waals surface area (Å²) >= 11 is 0. The average Bonchev–Trinajstić information content (AvgIpc) is 3.07. The van der Waals surface area contributed by atoms with Crippen LogP contribution in [0, 0.1) is 0 Å². The topological polar surface area (TPSA) is 108 Å². The number of esters is 1. The van der Waals surface area contributed by atoms with Crippen molar-refractivity contribution in [2.45, 2.75) is 19.1 Å². The number of nitrogens with two attached hydrogens (primary N) is 1. The van der Waals surface area contributed by atoms with Crippen molar-refractivity contribution in [3.63, 3.8) is 0 Å². The van der Waals surface area contributed by atoms with Gasteiger partial charge in [0.25, 0.3) is 0 Å². The molecule has 3 aromatic rings. The summed E-state index contributed by atoms with van der Waals surface area (Å²) in [7, 11) is 0.0666. The Kier molecular flexibility index (Phi) is 7.00. The number of rotatable bonds is 8. The Morgan fingerprint density at radius 2 is 1.84 bits per heavy atom. The molecule has 0 aliphatic rings. The van der Waals surface area contributed by atoms with Gasteiger partial charge in [-0.15, -0.1) is 0 Å². The number of nitrogen functional groups attached to an aromatic ring is 1. The Morgan fingerprint density at radius 1 is 1.16 bits per heavy atom. The van der Waals surface area contributed by atoms with E-state index in [0.717, 1.165) is 9.54 Å². The molecule has 1 heterocycles. The molecule has 1 aromatic heterocycles. The molecular formula is C23H28N4O4S. The number of ether oxygens (including phenoxy) is 1. The number of aromatic nitrogens is 2. The fraction of sp³-hybridized carbons (Fsp3) is 0.304. The molecule has 0 bridgehead atoms. The monoisotopic (exact) mass is 456 g/mol. The standard InChI is InChI=1S/C23H28N4O4S/c1-16(2)32(29,30)27-21-14-18(10-11-20(21)25-23(27)24)19(17-8-6-5-7-9-17)15-22(28)31-13-12-26(3)4/h5-11,14-16H,12-13H2,1-4H3,(H2,24,25). The van der Waals surface area contributed by atoms with E-state index in [4.69, 9.17) is 10.5 Å². The zero-order valence-corrected chi connectivity index (χ0v) is 19.5. The van der Waals surface area contributed by atoms with Crippen LogP contribution in [0.4, 0.5) is 5.95 Å². The van der Waals surface area contributed by atoms with E-state index in [-0.39, 0.29) is 12.6 Å².